The third-order valence-electron chi connectivity index (χ3n) is 5.12. The first kappa shape index (κ1) is 17.8. The van der Waals surface area contributed by atoms with Crippen molar-refractivity contribution in [2.24, 2.45) is 11.1 Å². The van der Waals surface area contributed by atoms with E-state index in [2.05, 4.69) is 10.5 Å². The standard InChI is InChI=1S/C20H19ClFN3O2/c1-11-5-3-6-12(2)18(11)23-20(26)25-9-13-16(10-25)27-24-19(13)17-14(21)7-4-8-15(17)22/h3-8,13,16H,9-10H2,1-2H3,(H,23,26). The van der Waals surface area contributed by atoms with E-state index in [0.717, 1.165) is 16.8 Å². The number of nitrogens with one attached hydrogen (secondary N) is 1. The number of benzene rings is 2. The number of carbonyl (C=O) groups excluding carboxylic acids is 1. The van der Waals surface area contributed by atoms with Gasteiger partial charge in [0.15, 0.2) is 6.10 Å². The first-order valence-electron chi connectivity index (χ1n) is 8.76. The minimum absolute atomic E-state index is 0.204. The zero-order valence-electron chi connectivity index (χ0n) is 15.0. The van der Waals surface area contributed by atoms with Gasteiger partial charge in [0.2, 0.25) is 0 Å². The summed E-state index contributed by atoms with van der Waals surface area (Å²) in [7, 11) is 0. The van der Waals surface area contributed by atoms with Gasteiger partial charge in [0.05, 0.1) is 23.0 Å². The molecule has 2 atom stereocenters. The molecule has 0 aliphatic carbocycles. The maximum Gasteiger partial charge on any atom is 0.322 e. The molecule has 0 saturated carbocycles. The predicted molar refractivity (Wildman–Crippen MR) is 103 cm³/mol. The number of oxime groups is 1. The predicted octanol–water partition coefficient (Wildman–Crippen LogP) is 4.36. The molecule has 0 radical (unpaired) electrons. The molecule has 1 fully saturated rings. The fourth-order valence-electron chi connectivity index (χ4n) is 3.67. The number of fused-ring (bicyclic) bond motifs is 1. The lowest BCUT2D eigenvalue weighted by atomic mass is 9.94. The number of anilines is 1. The van der Waals surface area contributed by atoms with E-state index in [-0.39, 0.29) is 28.6 Å². The van der Waals surface area contributed by atoms with E-state index in [9.17, 15) is 9.18 Å². The van der Waals surface area contributed by atoms with E-state index in [1.165, 1.54) is 6.07 Å². The maximum atomic E-state index is 14.3. The van der Waals surface area contributed by atoms with E-state index in [1.807, 2.05) is 32.0 Å². The molecule has 0 spiro atoms. The van der Waals surface area contributed by atoms with Crippen LogP contribution in [0.5, 0.6) is 0 Å². The van der Waals surface area contributed by atoms with Crippen LogP contribution in [0, 0.1) is 25.6 Å². The van der Waals surface area contributed by atoms with Crippen LogP contribution in [0.15, 0.2) is 41.6 Å². The molecule has 2 aromatic rings. The lowest BCUT2D eigenvalue weighted by molar-refractivity contribution is 0.0780. The van der Waals surface area contributed by atoms with Crippen LogP contribution in [-0.2, 0) is 4.84 Å². The Hall–Kier alpha value is -2.60. The molecule has 2 aliphatic rings. The number of halogens is 2. The average Bonchev–Trinajstić information content (AvgIpc) is 3.20. The summed E-state index contributed by atoms with van der Waals surface area (Å²) in [5.41, 5.74) is 3.53. The zero-order chi connectivity index (χ0) is 19.1. The first-order chi connectivity index (χ1) is 13.0. The highest BCUT2D eigenvalue weighted by atomic mass is 35.5. The molecule has 0 aromatic heterocycles. The molecule has 2 heterocycles. The minimum Gasteiger partial charge on any atom is -0.390 e. The summed E-state index contributed by atoms with van der Waals surface area (Å²) in [4.78, 5) is 19.9. The second-order valence-electron chi connectivity index (χ2n) is 6.93. The van der Waals surface area contributed by atoms with Crippen molar-refractivity contribution in [2.75, 3.05) is 18.4 Å². The Morgan fingerprint density at radius 1 is 1.22 bits per heavy atom. The lowest BCUT2D eigenvalue weighted by Gasteiger charge is -2.19. The molecule has 2 aliphatic heterocycles. The number of hydrogen-bond donors (Lipinski definition) is 1. The van der Waals surface area contributed by atoms with Crippen molar-refractivity contribution >= 4 is 29.0 Å². The quantitative estimate of drug-likeness (QED) is 0.832. The second kappa shape index (κ2) is 6.85. The summed E-state index contributed by atoms with van der Waals surface area (Å²) in [6, 6.07) is 10.2. The van der Waals surface area contributed by atoms with Gasteiger partial charge in [0.25, 0.3) is 0 Å². The van der Waals surface area contributed by atoms with Crippen molar-refractivity contribution in [1.82, 2.24) is 4.90 Å². The Bertz CT molecular complexity index is 906. The molecule has 140 valence electrons. The Kier molecular flexibility index (Phi) is 4.52. The highest BCUT2D eigenvalue weighted by Crippen LogP contribution is 2.34. The van der Waals surface area contributed by atoms with Crippen LogP contribution in [0.1, 0.15) is 16.7 Å². The fraction of sp³-hybridized carbons (Fsp3) is 0.300. The summed E-state index contributed by atoms with van der Waals surface area (Å²) < 4.78 is 14.3. The van der Waals surface area contributed by atoms with E-state index in [1.54, 1.807) is 17.0 Å². The SMILES string of the molecule is Cc1cccc(C)c1NC(=O)N1CC2ON=C(c3c(F)cccc3Cl)C2C1. The van der Waals surface area contributed by atoms with Gasteiger partial charge in [-0.15, -0.1) is 0 Å². The smallest absolute Gasteiger partial charge is 0.322 e. The molecular weight excluding hydrogens is 369 g/mol. The van der Waals surface area contributed by atoms with E-state index in [4.69, 9.17) is 16.4 Å². The Balaban J connectivity index is 1.52. The molecule has 2 unspecified atom stereocenters. The molecule has 2 aromatic carbocycles. The molecule has 1 saturated heterocycles. The maximum absolute atomic E-state index is 14.3. The number of carbonyl (C=O) groups is 1. The Morgan fingerprint density at radius 2 is 1.93 bits per heavy atom. The number of amides is 2. The summed E-state index contributed by atoms with van der Waals surface area (Å²) in [6.45, 7) is 4.69. The zero-order valence-corrected chi connectivity index (χ0v) is 15.8. The second-order valence-corrected chi connectivity index (χ2v) is 7.33. The fourth-order valence-corrected chi connectivity index (χ4v) is 3.93. The Morgan fingerprint density at radius 3 is 2.63 bits per heavy atom. The van der Waals surface area contributed by atoms with Crippen LogP contribution < -0.4 is 5.32 Å². The largest absolute Gasteiger partial charge is 0.390 e. The van der Waals surface area contributed by atoms with Crippen molar-refractivity contribution < 1.29 is 14.0 Å². The van der Waals surface area contributed by atoms with Crippen molar-refractivity contribution in [3.05, 3.63) is 63.9 Å². The van der Waals surface area contributed by atoms with E-state index >= 15 is 0 Å². The number of hydrogen-bond acceptors (Lipinski definition) is 3. The number of urea groups is 1. The third-order valence-corrected chi connectivity index (χ3v) is 5.44. The van der Waals surface area contributed by atoms with Crippen LogP contribution in [0.25, 0.3) is 0 Å². The van der Waals surface area contributed by atoms with Gasteiger partial charge >= 0.3 is 6.03 Å². The van der Waals surface area contributed by atoms with Crippen molar-refractivity contribution in [3.63, 3.8) is 0 Å². The molecule has 1 N–H and O–H groups in total. The van der Waals surface area contributed by atoms with Gasteiger partial charge in [0.1, 0.15) is 11.5 Å². The van der Waals surface area contributed by atoms with Gasteiger partial charge in [-0.25, -0.2) is 9.18 Å². The molecule has 0 bridgehead atoms. The van der Waals surface area contributed by atoms with Gasteiger partial charge in [-0.05, 0) is 37.1 Å². The first-order valence-corrected chi connectivity index (χ1v) is 9.13. The van der Waals surface area contributed by atoms with E-state index in [0.29, 0.717) is 18.8 Å². The average molecular weight is 388 g/mol. The molecule has 5 nitrogen and oxygen atoms in total. The monoisotopic (exact) mass is 387 g/mol. The van der Waals surface area contributed by atoms with Crippen molar-refractivity contribution in [1.29, 1.82) is 0 Å². The summed E-state index contributed by atoms with van der Waals surface area (Å²) in [5, 5.41) is 7.32. The van der Waals surface area contributed by atoms with Gasteiger partial charge < -0.3 is 15.1 Å². The van der Waals surface area contributed by atoms with Gasteiger partial charge in [-0.2, -0.15) is 0 Å². The number of rotatable bonds is 2. The van der Waals surface area contributed by atoms with Gasteiger partial charge in [-0.3, -0.25) is 0 Å². The molecule has 4 rings (SSSR count). The van der Waals surface area contributed by atoms with Crippen molar-refractivity contribution in [2.45, 2.75) is 20.0 Å². The highest BCUT2D eigenvalue weighted by Gasteiger charge is 2.45. The van der Waals surface area contributed by atoms with Crippen LogP contribution in [0.3, 0.4) is 0 Å². The number of para-hydroxylation sites is 1. The number of aryl methyl sites for hydroxylation is 2. The summed E-state index contributed by atoms with van der Waals surface area (Å²) >= 11 is 6.17. The summed E-state index contributed by atoms with van der Waals surface area (Å²) in [5.74, 6) is -0.646. The van der Waals surface area contributed by atoms with Gasteiger partial charge in [-0.1, -0.05) is 41.0 Å². The molecule has 27 heavy (non-hydrogen) atoms. The highest BCUT2D eigenvalue weighted by molar-refractivity contribution is 6.34. The summed E-state index contributed by atoms with van der Waals surface area (Å²) in [6.07, 6.45) is -0.292. The Labute approximate surface area is 161 Å². The van der Waals surface area contributed by atoms with E-state index < -0.39 is 5.82 Å². The topological polar surface area (TPSA) is 53.9 Å². The van der Waals surface area contributed by atoms with Crippen LogP contribution >= 0.6 is 11.6 Å². The normalized spacial score (nSPS) is 20.9. The van der Waals surface area contributed by atoms with Crippen LogP contribution in [-0.4, -0.2) is 35.8 Å². The third kappa shape index (κ3) is 3.14. The molecule has 2 amide bonds. The minimum atomic E-state index is -0.441. The molecular formula is C20H19ClFN3O2. The number of likely N-dealkylation sites (tertiary alicyclic amines) is 1. The number of nitrogens with zero attached hydrogens (tertiary/aromatic N) is 2. The van der Waals surface area contributed by atoms with Crippen molar-refractivity contribution in [3.8, 4) is 0 Å². The van der Waals surface area contributed by atoms with Crippen LogP contribution in [0.2, 0.25) is 5.02 Å². The van der Waals surface area contributed by atoms with Gasteiger partial charge in [0, 0.05) is 12.2 Å². The lowest BCUT2D eigenvalue weighted by Crippen LogP contribution is -2.35. The molecule has 7 heteroatoms. The van der Waals surface area contributed by atoms with Crippen LogP contribution in [0.4, 0.5) is 14.9 Å².